The van der Waals surface area contributed by atoms with Gasteiger partial charge >= 0.3 is 0 Å². The normalized spacial score (nSPS) is 13.1. The zero-order valence-corrected chi connectivity index (χ0v) is 11.2. The van der Waals surface area contributed by atoms with Crippen LogP contribution < -0.4 is 0 Å². The number of halogens is 3. The second kappa shape index (κ2) is 6.46. The zero-order valence-electron chi connectivity index (χ0n) is 9.64. The first-order valence-electron chi connectivity index (χ1n) is 5.58. The van der Waals surface area contributed by atoms with E-state index in [1.807, 2.05) is 0 Å². The van der Waals surface area contributed by atoms with E-state index in [1.165, 1.54) is 6.07 Å². The molecule has 0 saturated carbocycles. The van der Waals surface area contributed by atoms with Gasteiger partial charge in [-0.05, 0) is 42.9 Å². The highest BCUT2D eigenvalue weighted by atomic mass is 35.5. The topological polar surface area (TPSA) is 0 Å². The summed E-state index contributed by atoms with van der Waals surface area (Å²) in [5.74, 6) is 0.140. The second-order valence-corrected chi connectivity index (χ2v) is 5.37. The van der Waals surface area contributed by atoms with Crippen molar-refractivity contribution in [3.63, 3.8) is 0 Å². The molecule has 0 radical (unpaired) electrons. The van der Waals surface area contributed by atoms with E-state index >= 15 is 0 Å². The van der Waals surface area contributed by atoms with Crippen molar-refractivity contribution in [2.75, 3.05) is 0 Å². The average molecular weight is 263 g/mol. The van der Waals surface area contributed by atoms with Gasteiger partial charge in [0, 0.05) is 5.38 Å². The van der Waals surface area contributed by atoms with Crippen LogP contribution in [0.25, 0.3) is 0 Å². The van der Waals surface area contributed by atoms with Gasteiger partial charge in [0.2, 0.25) is 0 Å². The number of hydrogen-bond donors (Lipinski definition) is 0. The molecule has 0 heterocycles. The third-order valence-corrected chi connectivity index (χ3v) is 3.66. The molecule has 1 aromatic carbocycles. The third-order valence-electron chi connectivity index (χ3n) is 2.65. The first-order valence-corrected chi connectivity index (χ1v) is 6.40. The molecule has 0 aliphatic carbocycles. The summed E-state index contributed by atoms with van der Waals surface area (Å²) in [4.78, 5) is 0. The summed E-state index contributed by atoms with van der Waals surface area (Å²) in [7, 11) is 0. The maximum absolute atomic E-state index is 12.9. The molecule has 1 atom stereocenters. The van der Waals surface area contributed by atoms with E-state index < -0.39 is 0 Å². The fourth-order valence-electron chi connectivity index (χ4n) is 1.53. The van der Waals surface area contributed by atoms with Crippen molar-refractivity contribution in [2.24, 2.45) is 5.92 Å². The Hall–Kier alpha value is -0.270. The van der Waals surface area contributed by atoms with Gasteiger partial charge in [0.25, 0.3) is 0 Å². The lowest BCUT2D eigenvalue weighted by atomic mass is 10.0. The number of benzene rings is 1. The Morgan fingerprint density at radius 3 is 2.56 bits per heavy atom. The van der Waals surface area contributed by atoms with Gasteiger partial charge in [-0.25, -0.2) is 4.39 Å². The molecule has 3 heteroatoms. The quantitative estimate of drug-likeness (QED) is 0.651. The zero-order chi connectivity index (χ0) is 12.1. The first kappa shape index (κ1) is 13.8. The first-order chi connectivity index (χ1) is 7.50. The molecule has 1 unspecified atom stereocenters. The van der Waals surface area contributed by atoms with Gasteiger partial charge in [0.15, 0.2) is 0 Å². The summed E-state index contributed by atoms with van der Waals surface area (Å²) in [5.41, 5.74) is 1.07. The average Bonchev–Trinajstić information content (AvgIpc) is 2.23. The van der Waals surface area contributed by atoms with E-state index in [-0.39, 0.29) is 16.2 Å². The Bertz CT molecular complexity index is 337. The highest BCUT2D eigenvalue weighted by Crippen LogP contribution is 2.20. The van der Waals surface area contributed by atoms with Crippen LogP contribution in [-0.4, -0.2) is 5.38 Å². The van der Waals surface area contributed by atoms with E-state index in [2.05, 4.69) is 13.8 Å². The molecule has 0 bridgehead atoms. The Balaban J connectivity index is 2.40. The van der Waals surface area contributed by atoms with Gasteiger partial charge in [0.05, 0.1) is 5.02 Å². The maximum Gasteiger partial charge on any atom is 0.141 e. The predicted molar refractivity (Wildman–Crippen MR) is 68.8 cm³/mol. The predicted octanol–water partition coefficient (Wildman–Crippen LogP) is 5.07. The fourth-order valence-corrected chi connectivity index (χ4v) is 1.89. The van der Waals surface area contributed by atoms with E-state index in [4.69, 9.17) is 23.2 Å². The molecule has 0 aliphatic rings. The van der Waals surface area contributed by atoms with Crippen LogP contribution in [0.4, 0.5) is 4.39 Å². The Morgan fingerprint density at radius 1 is 1.31 bits per heavy atom. The van der Waals surface area contributed by atoms with Gasteiger partial charge < -0.3 is 0 Å². The van der Waals surface area contributed by atoms with Gasteiger partial charge in [-0.15, -0.1) is 11.6 Å². The SMILES string of the molecule is CC(C)C(Cl)CCCc1ccc(F)c(Cl)c1. The van der Waals surface area contributed by atoms with Crippen LogP contribution in [0.2, 0.25) is 5.02 Å². The molecule has 1 aromatic rings. The van der Waals surface area contributed by atoms with Crippen molar-refractivity contribution in [3.05, 3.63) is 34.6 Å². The van der Waals surface area contributed by atoms with Crippen LogP contribution in [0.5, 0.6) is 0 Å². The molecule has 90 valence electrons. The molecule has 0 aliphatic heterocycles. The summed E-state index contributed by atoms with van der Waals surface area (Å²) in [5, 5.41) is 0.416. The Labute approximate surface area is 107 Å². The summed E-state index contributed by atoms with van der Waals surface area (Å²) >= 11 is 11.9. The van der Waals surface area contributed by atoms with Crippen molar-refractivity contribution >= 4 is 23.2 Å². The lowest BCUT2D eigenvalue weighted by molar-refractivity contribution is 0.547. The molecular formula is C13H17Cl2F. The molecular weight excluding hydrogens is 246 g/mol. The smallest absolute Gasteiger partial charge is 0.141 e. The second-order valence-electron chi connectivity index (χ2n) is 4.40. The monoisotopic (exact) mass is 262 g/mol. The number of aryl methyl sites for hydroxylation is 1. The van der Waals surface area contributed by atoms with Crippen LogP contribution >= 0.6 is 23.2 Å². The Morgan fingerprint density at radius 2 is 2.00 bits per heavy atom. The maximum atomic E-state index is 12.9. The van der Waals surface area contributed by atoms with Crippen molar-refractivity contribution in [1.82, 2.24) is 0 Å². The lowest BCUT2D eigenvalue weighted by Gasteiger charge is -2.12. The summed E-state index contributed by atoms with van der Waals surface area (Å²) in [6.45, 7) is 4.23. The minimum absolute atomic E-state index is 0.198. The molecule has 16 heavy (non-hydrogen) atoms. The molecule has 0 amide bonds. The van der Waals surface area contributed by atoms with E-state index in [0.29, 0.717) is 5.92 Å². The molecule has 0 aromatic heterocycles. The van der Waals surface area contributed by atoms with Gasteiger partial charge in [-0.3, -0.25) is 0 Å². The molecule has 0 nitrogen and oxygen atoms in total. The summed E-state index contributed by atoms with van der Waals surface area (Å²) < 4.78 is 12.9. The van der Waals surface area contributed by atoms with Crippen LogP contribution in [0.3, 0.4) is 0 Å². The minimum Gasteiger partial charge on any atom is -0.205 e. The number of alkyl halides is 1. The van der Waals surface area contributed by atoms with Crippen molar-refractivity contribution in [2.45, 2.75) is 38.5 Å². The number of rotatable bonds is 5. The van der Waals surface area contributed by atoms with Crippen LogP contribution in [0.15, 0.2) is 18.2 Å². The van der Waals surface area contributed by atoms with Gasteiger partial charge in [-0.1, -0.05) is 31.5 Å². The standard InChI is InChI=1S/C13H17Cl2F/c1-9(2)11(14)5-3-4-10-6-7-13(16)12(15)8-10/h6-9,11H,3-5H2,1-2H3. The van der Waals surface area contributed by atoms with E-state index in [1.54, 1.807) is 12.1 Å². The Kier molecular flexibility index (Phi) is 5.57. The molecule has 0 fully saturated rings. The largest absolute Gasteiger partial charge is 0.205 e. The van der Waals surface area contributed by atoms with Crippen molar-refractivity contribution in [1.29, 1.82) is 0 Å². The fraction of sp³-hybridized carbons (Fsp3) is 0.538. The third kappa shape index (κ3) is 4.31. The molecule has 0 spiro atoms. The van der Waals surface area contributed by atoms with Crippen LogP contribution in [-0.2, 0) is 6.42 Å². The summed E-state index contributed by atoms with van der Waals surface area (Å²) in [6.07, 6.45) is 2.89. The summed E-state index contributed by atoms with van der Waals surface area (Å²) in [6, 6.07) is 4.88. The van der Waals surface area contributed by atoms with Crippen molar-refractivity contribution in [3.8, 4) is 0 Å². The van der Waals surface area contributed by atoms with Crippen molar-refractivity contribution < 1.29 is 4.39 Å². The van der Waals surface area contributed by atoms with Gasteiger partial charge in [-0.2, -0.15) is 0 Å². The van der Waals surface area contributed by atoms with E-state index in [0.717, 1.165) is 24.8 Å². The van der Waals surface area contributed by atoms with Crippen LogP contribution in [0.1, 0.15) is 32.3 Å². The molecule has 0 N–H and O–H groups in total. The van der Waals surface area contributed by atoms with Gasteiger partial charge in [0.1, 0.15) is 5.82 Å². The van der Waals surface area contributed by atoms with Crippen LogP contribution in [0, 0.1) is 11.7 Å². The molecule has 0 saturated heterocycles. The highest BCUT2D eigenvalue weighted by molar-refractivity contribution is 6.30. The number of hydrogen-bond acceptors (Lipinski definition) is 0. The van der Waals surface area contributed by atoms with E-state index in [9.17, 15) is 4.39 Å². The molecule has 1 rings (SSSR count). The highest BCUT2D eigenvalue weighted by Gasteiger charge is 2.09. The lowest BCUT2D eigenvalue weighted by Crippen LogP contribution is -2.07. The minimum atomic E-state index is -0.359.